The maximum absolute atomic E-state index is 6.62. The van der Waals surface area contributed by atoms with E-state index in [9.17, 15) is 0 Å². The summed E-state index contributed by atoms with van der Waals surface area (Å²) in [6, 6.07) is 65.5. The van der Waals surface area contributed by atoms with E-state index in [0.29, 0.717) is 0 Å². The summed E-state index contributed by atoms with van der Waals surface area (Å²) in [5.41, 5.74) is 13.4. The van der Waals surface area contributed by atoms with Crippen LogP contribution < -0.4 is 0 Å². The molecule has 3 nitrogen and oxygen atoms in total. The minimum atomic E-state index is 0.885. The topological polar surface area (TPSA) is 23.0 Å². The number of furan rings is 1. The highest BCUT2D eigenvalue weighted by Gasteiger charge is 2.19. The van der Waals surface area contributed by atoms with Gasteiger partial charge in [0, 0.05) is 43.7 Å². The van der Waals surface area contributed by atoms with Gasteiger partial charge in [0.2, 0.25) is 0 Å². The van der Waals surface area contributed by atoms with Crippen LogP contribution in [-0.4, -0.2) is 9.13 Å². The van der Waals surface area contributed by atoms with Gasteiger partial charge in [-0.25, -0.2) is 0 Å². The Balaban J connectivity index is 1.19. The van der Waals surface area contributed by atoms with Crippen molar-refractivity contribution in [1.29, 1.82) is 0 Å². The Morgan fingerprint density at radius 3 is 1.43 bits per heavy atom. The maximum Gasteiger partial charge on any atom is 0.136 e. The first-order valence-corrected chi connectivity index (χ1v) is 17.4. The SMILES string of the molecule is c1ccc(-n2c3ccccc3c3ccc(-c4cc(-c5ccc6c7ccccc7n(-c7ccccc7)c6c5)c5c(c4)oc4ccccc45)cc32)cc1. The lowest BCUT2D eigenvalue weighted by Crippen LogP contribution is -1.94. The average Bonchev–Trinajstić information content (AvgIpc) is 3.85. The van der Waals surface area contributed by atoms with Crippen LogP contribution in [0.25, 0.3) is 99.2 Å². The van der Waals surface area contributed by atoms with E-state index in [4.69, 9.17) is 4.42 Å². The summed E-state index contributed by atoms with van der Waals surface area (Å²) >= 11 is 0. The van der Waals surface area contributed by atoms with E-state index in [-0.39, 0.29) is 0 Å². The minimum absolute atomic E-state index is 0.885. The molecule has 0 radical (unpaired) electrons. The van der Waals surface area contributed by atoms with Crippen LogP contribution in [0.4, 0.5) is 0 Å². The zero-order valence-electron chi connectivity index (χ0n) is 27.6. The van der Waals surface area contributed by atoms with Gasteiger partial charge < -0.3 is 13.6 Å². The predicted molar refractivity (Wildman–Crippen MR) is 213 cm³/mol. The quantitative estimate of drug-likeness (QED) is 0.186. The lowest BCUT2D eigenvalue weighted by molar-refractivity contribution is 0.669. The smallest absolute Gasteiger partial charge is 0.136 e. The molecule has 0 bridgehead atoms. The largest absolute Gasteiger partial charge is 0.456 e. The molecule has 0 unspecified atom stereocenters. The fraction of sp³-hybridized carbons (Fsp3) is 0. The van der Waals surface area contributed by atoms with Crippen LogP contribution in [-0.2, 0) is 0 Å². The number of hydrogen-bond donors (Lipinski definition) is 0. The van der Waals surface area contributed by atoms with Gasteiger partial charge in [0.25, 0.3) is 0 Å². The van der Waals surface area contributed by atoms with Gasteiger partial charge in [0.05, 0.1) is 22.1 Å². The fourth-order valence-electron chi connectivity index (χ4n) is 8.25. The molecule has 0 atom stereocenters. The van der Waals surface area contributed by atoms with Crippen LogP contribution >= 0.6 is 0 Å². The summed E-state index contributed by atoms with van der Waals surface area (Å²) in [5.74, 6) is 0. The van der Waals surface area contributed by atoms with Gasteiger partial charge in [-0.3, -0.25) is 0 Å². The summed E-state index contributed by atoms with van der Waals surface area (Å²) in [7, 11) is 0. The molecule has 8 aromatic carbocycles. The van der Waals surface area contributed by atoms with Crippen LogP contribution in [0.5, 0.6) is 0 Å². The highest BCUT2D eigenvalue weighted by molar-refractivity contribution is 6.16. The third-order valence-corrected chi connectivity index (χ3v) is 10.5. The summed E-state index contributed by atoms with van der Waals surface area (Å²) < 4.78 is 11.4. The van der Waals surface area contributed by atoms with Crippen LogP contribution in [0.1, 0.15) is 0 Å². The molecule has 0 N–H and O–H groups in total. The van der Waals surface area contributed by atoms with E-state index in [1.165, 1.54) is 43.6 Å². The number of rotatable bonds is 4. The molecule has 0 aliphatic heterocycles. The molecule has 3 aromatic heterocycles. The van der Waals surface area contributed by atoms with Crippen molar-refractivity contribution in [1.82, 2.24) is 9.13 Å². The van der Waals surface area contributed by atoms with Crippen molar-refractivity contribution in [2.75, 3.05) is 0 Å². The Hall–Kier alpha value is -6.84. The fourth-order valence-corrected chi connectivity index (χ4v) is 8.25. The van der Waals surface area contributed by atoms with Gasteiger partial charge >= 0.3 is 0 Å². The summed E-state index contributed by atoms with van der Waals surface area (Å²) in [6.07, 6.45) is 0. The average molecular weight is 651 g/mol. The van der Waals surface area contributed by atoms with Gasteiger partial charge in [-0.05, 0) is 89.0 Å². The van der Waals surface area contributed by atoms with Gasteiger partial charge in [0.1, 0.15) is 11.2 Å². The van der Waals surface area contributed by atoms with E-state index in [1.54, 1.807) is 0 Å². The molecule has 0 amide bonds. The van der Waals surface area contributed by atoms with E-state index in [2.05, 4.69) is 185 Å². The van der Waals surface area contributed by atoms with Crippen molar-refractivity contribution in [3.8, 4) is 33.6 Å². The molecule has 3 heterocycles. The molecule has 0 aliphatic carbocycles. The second kappa shape index (κ2) is 10.8. The second-order valence-corrected chi connectivity index (χ2v) is 13.3. The normalized spacial score (nSPS) is 11.9. The molecule has 0 fully saturated rings. The molecular weight excluding hydrogens is 621 g/mol. The molecule has 0 saturated heterocycles. The zero-order chi connectivity index (χ0) is 33.5. The van der Waals surface area contributed by atoms with Crippen molar-refractivity contribution in [2.24, 2.45) is 0 Å². The zero-order valence-corrected chi connectivity index (χ0v) is 27.6. The van der Waals surface area contributed by atoms with Crippen molar-refractivity contribution in [2.45, 2.75) is 0 Å². The molecule has 0 spiro atoms. The molecule has 0 saturated carbocycles. The highest BCUT2D eigenvalue weighted by atomic mass is 16.3. The number of nitrogens with zero attached hydrogens (tertiary/aromatic N) is 2. The van der Waals surface area contributed by atoms with Crippen LogP contribution in [0.2, 0.25) is 0 Å². The number of hydrogen-bond acceptors (Lipinski definition) is 1. The number of benzene rings is 8. The molecule has 51 heavy (non-hydrogen) atoms. The number of fused-ring (bicyclic) bond motifs is 9. The third-order valence-electron chi connectivity index (χ3n) is 10.5. The monoisotopic (exact) mass is 650 g/mol. The second-order valence-electron chi connectivity index (χ2n) is 13.3. The Kier molecular flexibility index (Phi) is 5.96. The first-order chi connectivity index (χ1) is 25.3. The van der Waals surface area contributed by atoms with Crippen molar-refractivity contribution in [3.05, 3.63) is 182 Å². The molecule has 238 valence electrons. The first-order valence-electron chi connectivity index (χ1n) is 17.4. The lowest BCUT2D eigenvalue weighted by atomic mass is 9.93. The number of aromatic nitrogens is 2. The number of para-hydroxylation sites is 5. The summed E-state index contributed by atoms with van der Waals surface area (Å²) in [6.45, 7) is 0. The Morgan fingerprint density at radius 2 is 0.804 bits per heavy atom. The summed E-state index contributed by atoms with van der Waals surface area (Å²) in [5, 5.41) is 7.23. The standard InChI is InChI=1S/C48H30N2O/c1-3-13-34(14-4-1)49-42-20-10-7-17-36(42)38-25-23-31(28-44(38)49)33-27-41(48-40-19-9-12-22-46(40)51-47(48)30-33)32-24-26-39-37-18-8-11-21-43(37)50(45(39)29-32)35-15-5-2-6-16-35/h1-30H. The predicted octanol–water partition coefficient (Wildman–Crippen LogP) is 13.1. The van der Waals surface area contributed by atoms with Crippen molar-refractivity contribution in [3.63, 3.8) is 0 Å². The molecule has 3 heteroatoms. The Labute approximate surface area is 293 Å². The minimum Gasteiger partial charge on any atom is -0.456 e. The van der Waals surface area contributed by atoms with Crippen molar-refractivity contribution < 1.29 is 4.42 Å². The first kappa shape index (κ1) is 28.0. The highest BCUT2D eigenvalue weighted by Crippen LogP contribution is 2.43. The van der Waals surface area contributed by atoms with E-state index in [0.717, 1.165) is 55.6 Å². The van der Waals surface area contributed by atoms with Gasteiger partial charge in [-0.1, -0.05) is 115 Å². The van der Waals surface area contributed by atoms with Crippen LogP contribution in [0, 0.1) is 0 Å². The van der Waals surface area contributed by atoms with Gasteiger partial charge in [-0.15, -0.1) is 0 Å². The van der Waals surface area contributed by atoms with E-state index in [1.807, 2.05) is 6.07 Å². The van der Waals surface area contributed by atoms with Crippen LogP contribution in [0.3, 0.4) is 0 Å². The Bertz CT molecular complexity index is 3130. The Morgan fingerprint density at radius 1 is 0.314 bits per heavy atom. The molecule has 11 aromatic rings. The maximum atomic E-state index is 6.62. The van der Waals surface area contributed by atoms with Crippen LogP contribution in [0.15, 0.2) is 186 Å². The van der Waals surface area contributed by atoms with E-state index < -0.39 is 0 Å². The van der Waals surface area contributed by atoms with Gasteiger partial charge in [-0.2, -0.15) is 0 Å². The molecule has 11 rings (SSSR count). The molecule has 0 aliphatic rings. The molecular formula is C48H30N2O. The third kappa shape index (κ3) is 4.19. The van der Waals surface area contributed by atoms with Gasteiger partial charge in [0.15, 0.2) is 0 Å². The van der Waals surface area contributed by atoms with E-state index >= 15 is 0 Å². The van der Waals surface area contributed by atoms with Crippen molar-refractivity contribution >= 4 is 65.6 Å². The summed E-state index contributed by atoms with van der Waals surface area (Å²) in [4.78, 5) is 0. The lowest BCUT2D eigenvalue weighted by Gasteiger charge is -2.12.